The zero-order valence-corrected chi connectivity index (χ0v) is 13.5. The Morgan fingerprint density at radius 1 is 1.42 bits per heavy atom. The van der Waals surface area contributed by atoms with Gasteiger partial charge in [-0.25, -0.2) is 9.97 Å². The van der Waals surface area contributed by atoms with Gasteiger partial charge in [0.15, 0.2) is 0 Å². The summed E-state index contributed by atoms with van der Waals surface area (Å²) in [6, 6.07) is 5.40. The number of hydrogen-bond donors (Lipinski definition) is 2. The van der Waals surface area contributed by atoms with E-state index in [1.165, 1.54) is 11.1 Å². The Morgan fingerprint density at radius 3 is 3.00 bits per heavy atom. The fourth-order valence-corrected chi connectivity index (χ4v) is 2.77. The van der Waals surface area contributed by atoms with E-state index in [4.69, 9.17) is 16.7 Å². The van der Waals surface area contributed by atoms with Crippen LogP contribution in [0.15, 0.2) is 24.4 Å². The van der Waals surface area contributed by atoms with Crippen LogP contribution in [0.25, 0.3) is 11.3 Å². The summed E-state index contributed by atoms with van der Waals surface area (Å²) in [4.78, 5) is 32.9. The quantitative estimate of drug-likeness (QED) is 0.767. The van der Waals surface area contributed by atoms with Crippen molar-refractivity contribution < 1.29 is 14.7 Å². The SMILES string of the molecule is O=CCN1Cc2ccc(-c3nc(NCCO)ncc3Cl)cc2C1=O. The molecule has 0 aliphatic carbocycles. The summed E-state index contributed by atoms with van der Waals surface area (Å²) in [7, 11) is 0. The van der Waals surface area contributed by atoms with Gasteiger partial charge >= 0.3 is 0 Å². The molecule has 1 amide bonds. The maximum atomic E-state index is 12.3. The number of aromatic nitrogens is 2. The minimum Gasteiger partial charge on any atom is -0.395 e. The normalized spacial score (nSPS) is 13.1. The van der Waals surface area contributed by atoms with E-state index in [0.717, 1.165) is 5.56 Å². The minimum atomic E-state index is -0.178. The smallest absolute Gasteiger partial charge is 0.254 e. The van der Waals surface area contributed by atoms with Crippen molar-refractivity contribution in [3.8, 4) is 11.3 Å². The molecule has 8 heteroatoms. The van der Waals surface area contributed by atoms with Gasteiger partial charge in [0.05, 0.1) is 30.1 Å². The van der Waals surface area contributed by atoms with Crippen molar-refractivity contribution in [1.82, 2.24) is 14.9 Å². The molecule has 0 atom stereocenters. The monoisotopic (exact) mass is 346 g/mol. The van der Waals surface area contributed by atoms with Crippen molar-refractivity contribution in [3.05, 3.63) is 40.5 Å². The topological polar surface area (TPSA) is 95.4 Å². The number of benzene rings is 1. The molecule has 124 valence electrons. The van der Waals surface area contributed by atoms with Crippen LogP contribution in [0.3, 0.4) is 0 Å². The number of aliphatic hydroxyl groups is 1. The third-order valence-corrected chi connectivity index (χ3v) is 3.97. The standard InChI is InChI=1S/C16H15ClN4O3/c17-13-8-19-16(18-3-5-22)20-14(13)10-1-2-11-9-21(4-6-23)15(24)12(11)7-10/h1-2,6-8,22H,3-5,9H2,(H,18,19,20). The number of anilines is 1. The molecule has 24 heavy (non-hydrogen) atoms. The van der Waals surface area contributed by atoms with Crippen LogP contribution in [0.1, 0.15) is 15.9 Å². The van der Waals surface area contributed by atoms with E-state index in [0.29, 0.717) is 47.2 Å². The third-order valence-electron chi connectivity index (χ3n) is 3.70. The van der Waals surface area contributed by atoms with Crippen LogP contribution in [-0.2, 0) is 11.3 Å². The lowest BCUT2D eigenvalue weighted by molar-refractivity contribution is -0.108. The maximum absolute atomic E-state index is 12.3. The average molecular weight is 347 g/mol. The van der Waals surface area contributed by atoms with Crippen LogP contribution in [-0.4, -0.2) is 51.9 Å². The predicted octanol–water partition coefficient (Wildman–Crippen LogP) is 1.36. The number of aldehydes is 1. The van der Waals surface area contributed by atoms with E-state index in [2.05, 4.69) is 15.3 Å². The van der Waals surface area contributed by atoms with Crippen LogP contribution >= 0.6 is 11.6 Å². The molecule has 1 aliphatic rings. The molecule has 1 aromatic carbocycles. The van der Waals surface area contributed by atoms with Crippen molar-refractivity contribution in [2.24, 2.45) is 0 Å². The molecule has 2 N–H and O–H groups in total. The fourth-order valence-electron chi connectivity index (χ4n) is 2.57. The largest absolute Gasteiger partial charge is 0.395 e. The maximum Gasteiger partial charge on any atom is 0.254 e. The molecule has 0 saturated carbocycles. The summed E-state index contributed by atoms with van der Waals surface area (Å²) in [6.45, 7) is 0.784. The molecular formula is C16H15ClN4O3. The molecular weight excluding hydrogens is 332 g/mol. The summed E-state index contributed by atoms with van der Waals surface area (Å²) in [5.41, 5.74) is 2.61. The number of carbonyl (C=O) groups is 2. The summed E-state index contributed by atoms with van der Waals surface area (Å²) in [5.74, 6) is 0.167. The highest BCUT2D eigenvalue weighted by Gasteiger charge is 2.27. The first-order chi connectivity index (χ1) is 11.6. The average Bonchev–Trinajstić information content (AvgIpc) is 2.90. The first kappa shape index (κ1) is 16.4. The lowest BCUT2D eigenvalue weighted by Crippen LogP contribution is -2.25. The van der Waals surface area contributed by atoms with Crippen LogP contribution in [0.4, 0.5) is 5.95 Å². The number of nitrogens with zero attached hydrogens (tertiary/aromatic N) is 3. The second kappa shape index (κ2) is 6.94. The van der Waals surface area contributed by atoms with E-state index in [1.807, 2.05) is 12.1 Å². The molecule has 0 spiro atoms. The molecule has 0 radical (unpaired) electrons. The fraction of sp³-hybridized carbons (Fsp3) is 0.250. The van der Waals surface area contributed by atoms with Gasteiger partial charge in [-0.2, -0.15) is 0 Å². The Morgan fingerprint density at radius 2 is 2.25 bits per heavy atom. The molecule has 1 aliphatic heterocycles. The number of nitrogens with one attached hydrogen (secondary N) is 1. The van der Waals surface area contributed by atoms with E-state index in [1.54, 1.807) is 6.07 Å². The Hall–Kier alpha value is -2.51. The van der Waals surface area contributed by atoms with Crippen LogP contribution in [0.5, 0.6) is 0 Å². The highest BCUT2D eigenvalue weighted by atomic mass is 35.5. The Kier molecular flexibility index (Phi) is 4.73. The van der Waals surface area contributed by atoms with Gasteiger partial charge in [-0.1, -0.05) is 23.7 Å². The van der Waals surface area contributed by atoms with E-state index >= 15 is 0 Å². The lowest BCUT2D eigenvalue weighted by Gasteiger charge is -2.10. The zero-order valence-electron chi connectivity index (χ0n) is 12.7. The number of aliphatic hydroxyl groups excluding tert-OH is 1. The molecule has 0 bridgehead atoms. The van der Waals surface area contributed by atoms with E-state index < -0.39 is 0 Å². The van der Waals surface area contributed by atoms with Gasteiger partial charge in [-0.15, -0.1) is 0 Å². The number of rotatable bonds is 6. The van der Waals surface area contributed by atoms with E-state index in [-0.39, 0.29) is 19.1 Å². The van der Waals surface area contributed by atoms with Crippen molar-refractivity contribution in [1.29, 1.82) is 0 Å². The molecule has 3 rings (SSSR count). The number of halogens is 1. The third kappa shape index (κ3) is 3.08. The second-order valence-corrected chi connectivity index (χ2v) is 5.67. The van der Waals surface area contributed by atoms with Crippen LogP contribution in [0, 0.1) is 0 Å². The van der Waals surface area contributed by atoms with Crippen LogP contribution < -0.4 is 5.32 Å². The van der Waals surface area contributed by atoms with Crippen molar-refractivity contribution in [2.75, 3.05) is 25.0 Å². The predicted molar refractivity (Wildman–Crippen MR) is 88.9 cm³/mol. The van der Waals surface area contributed by atoms with E-state index in [9.17, 15) is 9.59 Å². The van der Waals surface area contributed by atoms with Crippen LogP contribution in [0.2, 0.25) is 5.02 Å². The van der Waals surface area contributed by atoms with Gasteiger partial charge in [0, 0.05) is 24.2 Å². The zero-order chi connectivity index (χ0) is 17.1. The first-order valence-corrected chi connectivity index (χ1v) is 7.75. The minimum absolute atomic E-state index is 0.0404. The number of fused-ring (bicyclic) bond motifs is 1. The highest BCUT2D eigenvalue weighted by Crippen LogP contribution is 2.31. The van der Waals surface area contributed by atoms with Gasteiger partial charge in [0.2, 0.25) is 5.95 Å². The Balaban J connectivity index is 1.95. The highest BCUT2D eigenvalue weighted by molar-refractivity contribution is 6.33. The summed E-state index contributed by atoms with van der Waals surface area (Å²) in [5, 5.41) is 12.1. The van der Waals surface area contributed by atoms with Crippen molar-refractivity contribution in [3.63, 3.8) is 0 Å². The van der Waals surface area contributed by atoms with Gasteiger partial charge in [0.1, 0.15) is 6.29 Å². The second-order valence-electron chi connectivity index (χ2n) is 5.26. The molecule has 2 aromatic rings. The van der Waals surface area contributed by atoms with Gasteiger partial charge in [-0.05, 0) is 11.6 Å². The summed E-state index contributed by atoms with van der Waals surface area (Å²) < 4.78 is 0. The lowest BCUT2D eigenvalue weighted by atomic mass is 10.0. The molecule has 0 saturated heterocycles. The Bertz CT molecular complexity index is 797. The molecule has 2 heterocycles. The van der Waals surface area contributed by atoms with Gasteiger partial charge in [-0.3, -0.25) is 4.79 Å². The first-order valence-electron chi connectivity index (χ1n) is 7.37. The van der Waals surface area contributed by atoms with Gasteiger partial charge < -0.3 is 20.1 Å². The Labute approximate surface area is 143 Å². The van der Waals surface area contributed by atoms with Crippen molar-refractivity contribution in [2.45, 2.75) is 6.54 Å². The number of amides is 1. The molecule has 1 aromatic heterocycles. The molecule has 0 fully saturated rings. The summed E-state index contributed by atoms with van der Waals surface area (Å²) in [6.07, 6.45) is 2.18. The summed E-state index contributed by atoms with van der Waals surface area (Å²) >= 11 is 6.19. The van der Waals surface area contributed by atoms with Gasteiger partial charge in [0.25, 0.3) is 5.91 Å². The molecule has 7 nitrogen and oxygen atoms in total. The number of carbonyl (C=O) groups excluding carboxylic acids is 2. The van der Waals surface area contributed by atoms with Crippen molar-refractivity contribution >= 4 is 29.7 Å². The molecule has 0 unspecified atom stereocenters. The number of hydrogen-bond acceptors (Lipinski definition) is 6.